The van der Waals surface area contributed by atoms with Crippen LogP contribution in [0.5, 0.6) is 0 Å². The molecular weight excluding hydrogens is 435 g/mol. The molecule has 3 atom stereocenters. The zero-order valence-electron chi connectivity index (χ0n) is 18.1. The minimum Gasteiger partial charge on any atom is -0.480 e. The molecule has 1 aromatic carbocycles. The highest BCUT2D eigenvalue weighted by molar-refractivity contribution is 7.52. The van der Waals surface area contributed by atoms with Gasteiger partial charge in [-0.1, -0.05) is 30.3 Å². The maximum Gasteiger partial charge on any atom is 0.328 e. The van der Waals surface area contributed by atoms with Crippen LogP contribution < -0.4 is 11.5 Å². The molecule has 0 spiro atoms. The van der Waals surface area contributed by atoms with E-state index in [2.05, 4.69) is 4.99 Å². The molecule has 1 saturated heterocycles. The van der Waals surface area contributed by atoms with Crippen molar-refractivity contribution in [2.24, 2.45) is 16.5 Å². The lowest BCUT2D eigenvalue weighted by molar-refractivity contribution is -0.151. The largest absolute Gasteiger partial charge is 0.480 e. The fourth-order valence-electron chi connectivity index (χ4n) is 3.72. The Balaban J connectivity index is 1.96. The first-order chi connectivity index (χ1) is 15.2. The number of nitrogens with two attached hydrogens (primary N) is 2. The number of nitrogens with zero attached hydrogens (tertiary/aromatic N) is 2. The normalized spacial score (nSPS) is 18.7. The topological polar surface area (TPSA) is 169 Å². The van der Waals surface area contributed by atoms with Crippen molar-refractivity contribution in [1.82, 2.24) is 4.90 Å². The summed E-state index contributed by atoms with van der Waals surface area (Å²) in [5.74, 6) is -1.77. The van der Waals surface area contributed by atoms with Gasteiger partial charge >= 0.3 is 13.6 Å². The molecule has 0 bridgehead atoms. The van der Waals surface area contributed by atoms with Gasteiger partial charge in [0.05, 0.1) is 6.16 Å². The van der Waals surface area contributed by atoms with Crippen LogP contribution in [0.4, 0.5) is 0 Å². The van der Waals surface area contributed by atoms with E-state index in [4.69, 9.17) is 16.0 Å². The number of carboxylic acids is 1. The van der Waals surface area contributed by atoms with Gasteiger partial charge in [-0.25, -0.2) is 4.79 Å². The molecule has 0 radical (unpaired) electrons. The van der Waals surface area contributed by atoms with Crippen molar-refractivity contribution >= 4 is 25.4 Å². The average Bonchev–Trinajstić information content (AvgIpc) is 3.24. The molecule has 0 saturated carbocycles. The van der Waals surface area contributed by atoms with Gasteiger partial charge in [-0.05, 0) is 50.5 Å². The molecule has 1 heterocycles. The second kappa shape index (κ2) is 12.6. The summed E-state index contributed by atoms with van der Waals surface area (Å²) in [6.07, 6.45) is 1.97. The lowest BCUT2D eigenvalue weighted by Gasteiger charge is -2.28. The third-order valence-electron chi connectivity index (χ3n) is 5.31. The van der Waals surface area contributed by atoms with E-state index in [9.17, 15) is 24.2 Å². The average molecular weight is 468 g/mol. The number of aliphatic imine (C=N–C) groups is 1. The number of benzene rings is 1. The number of carboxylic acid groups (broad SMARTS) is 1. The van der Waals surface area contributed by atoms with E-state index in [-0.39, 0.29) is 31.6 Å². The van der Waals surface area contributed by atoms with E-state index in [1.807, 2.05) is 30.3 Å². The van der Waals surface area contributed by atoms with Crippen LogP contribution in [-0.2, 0) is 25.1 Å². The molecule has 1 aliphatic heterocycles. The van der Waals surface area contributed by atoms with Gasteiger partial charge in [0.1, 0.15) is 12.1 Å². The van der Waals surface area contributed by atoms with Gasteiger partial charge in [-0.2, -0.15) is 0 Å². The van der Waals surface area contributed by atoms with Gasteiger partial charge in [0, 0.05) is 13.1 Å². The standard InChI is InChI=1S/C21H33N4O6P/c22-21(23)24-13-6-12-18(19(26)25-14-7-11-17(25)20(27)28)31-32(29,30)15-5-4-10-16-8-2-1-3-9-16/h1-3,8-9,17-18H,4-7,10-15H2,(H,27,28)(H,29,30)(H4,22,23,24)/t17-,18-/m0/s1. The summed E-state index contributed by atoms with van der Waals surface area (Å²) in [6, 6.07) is 8.85. The van der Waals surface area contributed by atoms with E-state index in [0.29, 0.717) is 32.1 Å². The Labute approximate surface area is 188 Å². The van der Waals surface area contributed by atoms with Crippen molar-refractivity contribution in [3.05, 3.63) is 35.9 Å². The number of carbonyl (C=O) groups excluding carboxylic acids is 1. The number of hydrogen-bond acceptors (Lipinski definition) is 5. The maximum absolute atomic E-state index is 13.0. The Morgan fingerprint density at radius 1 is 1.22 bits per heavy atom. The van der Waals surface area contributed by atoms with Crippen molar-refractivity contribution in [3.8, 4) is 0 Å². The molecule has 1 amide bonds. The van der Waals surface area contributed by atoms with Crippen LogP contribution >= 0.6 is 7.60 Å². The molecule has 10 nitrogen and oxygen atoms in total. The number of aryl methyl sites for hydroxylation is 1. The van der Waals surface area contributed by atoms with Crippen molar-refractivity contribution in [2.75, 3.05) is 19.3 Å². The molecular formula is C21H33N4O6P. The predicted octanol–water partition coefficient (Wildman–Crippen LogP) is 1.71. The van der Waals surface area contributed by atoms with Crippen molar-refractivity contribution in [3.63, 3.8) is 0 Å². The zero-order chi connectivity index (χ0) is 23.6. The molecule has 32 heavy (non-hydrogen) atoms. The van der Waals surface area contributed by atoms with E-state index < -0.39 is 31.6 Å². The first kappa shape index (κ1) is 25.8. The number of rotatable bonds is 13. The maximum atomic E-state index is 13.0. The quantitative estimate of drug-likeness (QED) is 0.147. The third kappa shape index (κ3) is 8.61. The van der Waals surface area contributed by atoms with Crippen LogP contribution in [0.3, 0.4) is 0 Å². The van der Waals surface area contributed by atoms with Gasteiger partial charge in [0.25, 0.3) is 5.91 Å². The van der Waals surface area contributed by atoms with Gasteiger partial charge in [-0.3, -0.25) is 18.9 Å². The summed E-state index contributed by atoms with van der Waals surface area (Å²) in [6.45, 7) is 0.501. The van der Waals surface area contributed by atoms with Gasteiger partial charge in [0.15, 0.2) is 5.96 Å². The smallest absolute Gasteiger partial charge is 0.328 e. The Morgan fingerprint density at radius 3 is 2.59 bits per heavy atom. The van der Waals surface area contributed by atoms with E-state index >= 15 is 0 Å². The van der Waals surface area contributed by atoms with Crippen LogP contribution in [0.2, 0.25) is 0 Å². The Bertz CT molecular complexity index is 831. The first-order valence-corrected chi connectivity index (χ1v) is 12.6. The summed E-state index contributed by atoms with van der Waals surface area (Å²) >= 11 is 0. The summed E-state index contributed by atoms with van der Waals surface area (Å²) in [7, 11) is -4.06. The SMILES string of the molecule is NC(N)=NCCC[C@H](OP(=O)(O)CCCCc1ccccc1)C(=O)N1CCC[C@H]1C(=O)O. The van der Waals surface area contributed by atoms with Crippen LogP contribution in [0.15, 0.2) is 35.3 Å². The number of likely N-dealkylation sites (tertiary alicyclic amines) is 1. The van der Waals surface area contributed by atoms with Gasteiger partial charge in [0.2, 0.25) is 0 Å². The number of amides is 1. The zero-order valence-corrected chi connectivity index (χ0v) is 19.0. The van der Waals surface area contributed by atoms with Crippen molar-refractivity contribution in [2.45, 2.75) is 57.1 Å². The van der Waals surface area contributed by atoms with Crippen molar-refractivity contribution in [1.29, 1.82) is 0 Å². The number of guanidine groups is 1. The van der Waals surface area contributed by atoms with E-state index in [1.165, 1.54) is 4.90 Å². The summed E-state index contributed by atoms with van der Waals surface area (Å²) < 4.78 is 18.1. The summed E-state index contributed by atoms with van der Waals surface area (Å²) in [5.41, 5.74) is 11.7. The van der Waals surface area contributed by atoms with E-state index in [1.54, 1.807) is 0 Å². The lowest BCUT2D eigenvalue weighted by Crippen LogP contribution is -2.46. The van der Waals surface area contributed by atoms with E-state index in [0.717, 1.165) is 12.0 Å². The van der Waals surface area contributed by atoms with Crippen LogP contribution in [0.1, 0.15) is 44.1 Å². The van der Waals surface area contributed by atoms with Crippen LogP contribution in [0.25, 0.3) is 0 Å². The molecule has 11 heteroatoms. The Kier molecular flexibility index (Phi) is 10.2. The molecule has 6 N–H and O–H groups in total. The highest BCUT2D eigenvalue weighted by atomic mass is 31.2. The lowest BCUT2D eigenvalue weighted by atomic mass is 10.1. The fourth-order valence-corrected chi connectivity index (χ4v) is 5.04. The third-order valence-corrected chi connectivity index (χ3v) is 6.77. The second-order valence-corrected chi connectivity index (χ2v) is 9.81. The number of carbonyl (C=O) groups is 2. The van der Waals surface area contributed by atoms with Crippen LogP contribution in [-0.4, -0.2) is 64.1 Å². The first-order valence-electron chi connectivity index (χ1n) is 10.8. The molecule has 0 aromatic heterocycles. The number of hydrogen-bond donors (Lipinski definition) is 4. The van der Waals surface area contributed by atoms with Gasteiger partial charge < -0.3 is 26.4 Å². The Morgan fingerprint density at radius 2 is 1.94 bits per heavy atom. The number of aliphatic carboxylic acids is 1. The molecule has 0 aliphatic carbocycles. The van der Waals surface area contributed by atoms with Crippen molar-refractivity contribution < 1.29 is 28.7 Å². The minimum absolute atomic E-state index is 0.0835. The van der Waals surface area contributed by atoms with Crippen LogP contribution in [0, 0.1) is 0 Å². The molecule has 1 fully saturated rings. The Hall–Kier alpha value is -2.42. The molecule has 178 valence electrons. The fraction of sp³-hybridized carbons (Fsp3) is 0.571. The minimum atomic E-state index is -4.06. The predicted molar refractivity (Wildman–Crippen MR) is 121 cm³/mol. The summed E-state index contributed by atoms with van der Waals surface area (Å²) in [4.78, 5) is 39.9. The number of unbranched alkanes of at least 4 members (excludes halogenated alkanes) is 1. The van der Waals surface area contributed by atoms with Gasteiger partial charge in [-0.15, -0.1) is 0 Å². The molecule has 1 aliphatic rings. The highest BCUT2D eigenvalue weighted by Crippen LogP contribution is 2.45. The summed E-state index contributed by atoms with van der Waals surface area (Å²) in [5, 5.41) is 9.37. The molecule has 2 rings (SSSR count). The molecule has 1 unspecified atom stereocenters. The monoisotopic (exact) mass is 468 g/mol. The molecule has 1 aromatic rings. The second-order valence-electron chi connectivity index (χ2n) is 7.87. The highest BCUT2D eigenvalue weighted by Gasteiger charge is 2.39.